The maximum absolute atomic E-state index is 9.84. The van der Waals surface area contributed by atoms with Gasteiger partial charge in [0, 0.05) is 18.7 Å². The lowest BCUT2D eigenvalue weighted by Gasteiger charge is -2.38. The van der Waals surface area contributed by atoms with E-state index >= 15 is 0 Å². The number of nitriles is 1. The first-order valence-corrected chi connectivity index (χ1v) is 10.0. The number of nitrogens with two attached hydrogens (primary N) is 1. The van der Waals surface area contributed by atoms with Crippen molar-refractivity contribution in [3.05, 3.63) is 100 Å². The molecule has 4 nitrogen and oxygen atoms in total. The number of ether oxygens (including phenoxy) is 1. The molecule has 0 aliphatic carbocycles. The summed E-state index contributed by atoms with van der Waals surface area (Å²) < 4.78 is 6.08. The molecule has 4 rings (SSSR count). The molecule has 2 aromatic rings. The van der Waals surface area contributed by atoms with Crippen LogP contribution in [0.2, 0.25) is 0 Å². The second-order valence-corrected chi connectivity index (χ2v) is 7.48. The molecule has 0 saturated carbocycles. The zero-order chi connectivity index (χ0) is 20.2. The summed E-state index contributed by atoms with van der Waals surface area (Å²) in [6, 6.07) is 22.7. The third-order valence-corrected chi connectivity index (χ3v) is 5.42. The van der Waals surface area contributed by atoms with Crippen LogP contribution >= 0.6 is 0 Å². The van der Waals surface area contributed by atoms with Crippen molar-refractivity contribution in [2.24, 2.45) is 5.73 Å². The third-order valence-electron chi connectivity index (χ3n) is 5.42. The van der Waals surface area contributed by atoms with Gasteiger partial charge in [-0.2, -0.15) is 5.26 Å². The highest BCUT2D eigenvalue weighted by Gasteiger charge is 2.37. The third kappa shape index (κ3) is 3.83. The minimum atomic E-state index is -0.177. The normalized spacial score (nSPS) is 21.0. The quantitative estimate of drug-likeness (QED) is 0.841. The van der Waals surface area contributed by atoms with Crippen LogP contribution in [0.1, 0.15) is 30.4 Å². The second-order valence-electron chi connectivity index (χ2n) is 7.48. The van der Waals surface area contributed by atoms with Crippen LogP contribution in [-0.4, -0.2) is 24.5 Å². The number of hydrogen-bond acceptors (Lipinski definition) is 4. The van der Waals surface area contributed by atoms with Gasteiger partial charge < -0.3 is 10.5 Å². The average Bonchev–Trinajstić information content (AvgIpc) is 2.75. The lowest BCUT2D eigenvalue weighted by atomic mass is 9.80. The molecule has 2 N–H and O–H groups in total. The largest absolute Gasteiger partial charge is 0.440 e. The van der Waals surface area contributed by atoms with E-state index in [1.54, 1.807) is 0 Å². The van der Waals surface area contributed by atoms with E-state index in [9.17, 15) is 5.26 Å². The van der Waals surface area contributed by atoms with Crippen molar-refractivity contribution < 1.29 is 4.74 Å². The SMILES string of the molecule is CCCN1CC2=C(OC(N)=C(C#N)C2c2ccccc2)/C(=C\c2ccccc2)C1. The van der Waals surface area contributed by atoms with Crippen LogP contribution in [0.4, 0.5) is 0 Å². The topological polar surface area (TPSA) is 62.3 Å². The van der Waals surface area contributed by atoms with E-state index in [-0.39, 0.29) is 11.8 Å². The van der Waals surface area contributed by atoms with E-state index in [4.69, 9.17) is 10.5 Å². The van der Waals surface area contributed by atoms with Gasteiger partial charge in [0.25, 0.3) is 0 Å². The zero-order valence-corrected chi connectivity index (χ0v) is 16.6. The van der Waals surface area contributed by atoms with Gasteiger partial charge in [0.2, 0.25) is 5.88 Å². The molecular formula is C25H25N3O. The zero-order valence-electron chi connectivity index (χ0n) is 16.6. The molecule has 146 valence electrons. The first-order chi connectivity index (χ1) is 14.2. The molecule has 0 amide bonds. The highest BCUT2D eigenvalue weighted by Crippen LogP contribution is 2.43. The molecule has 1 atom stereocenters. The summed E-state index contributed by atoms with van der Waals surface area (Å²) >= 11 is 0. The number of nitrogens with zero attached hydrogens (tertiary/aromatic N) is 2. The van der Waals surface area contributed by atoms with Crippen LogP contribution in [0.5, 0.6) is 0 Å². The molecule has 4 heteroatoms. The Morgan fingerprint density at radius 2 is 1.79 bits per heavy atom. The van der Waals surface area contributed by atoms with Gasteiger partial charge in [-0.05, 0) is 35.7 Å². The second kappa shape index (κ2) is 8.38. The molecule has 29 heavy (non-hydrogen) atoms. The van der Waals surface area contributed by atoms with Crippen molar-refractivity contribution in [1.29, 1.82) is 5.26 Å². The molecule has 0 fully saturated rings. The molecule has 0 radical (unpaired) electrons. The molecule has 0 saturated heterocycles. The maximum atomic E-state index is 9.84. The van der Waals surface area contributed by atoms with Crippen LogP contribution in [-0.2, 0) is 4.74 Å². The van der Waals surface area contributed by atoms with E-state index in [0.29, 0.717) is 5.57 Å². The van der Waals surface area contributed by atoms with E-state index in [1.807, 2.05) is 36.4 Å². The molecule has 1 unspecified atom stereocenters. The van der Waals surface area contributed by atoms with Gasteiger partial charge in [0.1, 0.15) is 17.4 Å². The summed E-state index contributed by atoms with van der Waals surface area (Å²) in [5.41, 5.74) is 11.1. The summed E-state index contributed by atoms with van der Waals surface area (Å²) in [4.78, 5) is 2.42. The van der Waals surface area contributed by atoms with Crippen molar-refractivity contribution in [2.75, 3.05) is 19.6 Å². The van der Waals surface area contributed by atoms with Gasteiger partial charge in [0.05, 0.1) is 5.92 Å². The number of rotatable bonds is 4. The Bertz CT molecular complexity index is 1010. The molecule has 0 bridgehead atoms. The summed E-state index contributed by atoms with van der Waals surface area (Å²) in [7, 11) is 0. The number of hydrogen-bond donors (Lipinski definition) is 1. The predicted octanol–water partition coefficient (Wildman–Crippen LogP) is 4.56. The summed E-state index contributed by atoms with van der Waals surface area (Å²) in [5.74, 6) is 0.860. The minimum absolute atomic E-state index is 0.177. The summed E-state index contributed by atoms with van der Waals surface area (Å²) in [5, 5.41) is 9.84. The molecule has 0 aromatic heterocycles. The van der Waals surface area contributed by atoms with Crippen LogP contribution in [0, 0.1) is 11.3 Å². The Hall–Kier alpha value is -3.29. The first-order valence-electron chi connectivity index (χ1n) is 10.0. The van der Waals surface area contributed by atoms with Crippen molar-refractivity contribution in [3.8, 4) is 6.07 Å². The predicted molar refractivity (Wildman–Crippen MR) is 115 cm³/mol. The lowest BCUT2D eigenvalue weighted by Crippen LogP contribution is -2.38. The highest BCUT2D eigenvalue weighted by atomic mass is 16.5. The Morgan fingerprint density at radius 3 is 2.45 bits per heavy atom. The van der Waals surface area contributed by atoms with Gasteiger partial charge >= 0.3 is 0 Å². The van der Waals surface area contributed by atoms with E-state index in [0.717, 1.165) is 54.1 Å². The van der Waals surface area contributed by atoms with E-state index in [2.05, 4.69) is 48.2 Å². The van der Waals surface area contributed by atoms with Crippen LogP contribution in [0.3, 0.4) is 0 Å². The minimum Gasteiger partial charge on any atom is -0.440 e. The van der Waals surface area contributed by atoms with Gasteiger partial charge in [0.15, 0.2) is 0 Å². The number of allylic oxidation sites excluding steroid dienone is 1. The van der Waals surface area contributed by atoms with Gasteiger partial charge in [-0.15, -0.1) is 0 Å². The van der Waals surface area contributed by atoms with Gasteiger partial charge in [-0.1, -0.05) is 67.6 Å². The molecule has 0 spiro atoms. The van der Waals surface area contributed by atoms with Gasteiger partial charge in [-0.25, -0.2) is 0 Å². The van der Waals surface area contributed by atoms with Gasteiger partial charge in [-0.3, -0.25) is 4.90 Å². The Labute approximate surface area is 172 Å². The first kappa shape index (κ1) is 19.0. The van der Waals surface area contributed by atoms with E-state index in [1.165, 1.54) is 0 Å². The molecule has 2 aromatic carbocycles. The smallest absolute Gasteiger partial charge is 0.205 e. The van der Waals surface area contributed by atoms with E-state index < -0.39 is 0 Å². The van der Waals surface area contributed by atoms with Crippen LogP contribution < -0.4 is 5.73 Å². The van der Waals surface area contributed by atoms with Crippen LogP contribution in [0.25, 0.3) is 6.08 Å². The average molecular weight is 383 g/mol. The van der Waals surface area contributed by atoms with Crippen LogP contribution in [0.15, 0.2) is 89.0 Å². The fourth-order valence-corrected chi connectivity index (χ4v) is 4.19. The summed E-state index contributed by atoms with van der Waals surface area (Å²) in [6.45, 7) is 4.76. The van der Waals surface area contributed by atoms with Crippen molar-refractivity contribution in [3.63, 3.8) is 0 Å². The number of benzene rings is 2. The fraction of sp³-hybridized carbons (Fsp3) is 0.240. The van der Waals surface area contributed by atoms with Crippen molar-refractivity contribution in [1.82, 2.24) is 4.90 Å². The lowest BCUT2D eigenvalue weighted by molar-refractivity contribution is 0.234. The van der Waals surface area contributed by atoms with Crippen molar-refractivity contribution in [2.45, 2.75) is 19.3 Å². The molecule has 2 aliphatic heterocycles. The highest BCUT2D eigenvalue weighted by molar-refractivity contribution is 5.63. The Balaban J connectivity index is 1.86. The monoisotopic (exact) mass is 383 g/mol. The summed E-state index contributed by atoms with van der Waals surface area (Å²) in [6.07, 6.45) is 3.24. The maximum Gasteiger partial charge on any atom is 0.205 e. The Kier molecular flexibility index (Phi) is 5.50. The standard InChI is InChI=1S/C25H25N3O/c1-2-13-28-16-20(14-18-9-5-3-6-10-18)24-22(17-28)23(19-11-7-4-8-12-19)21(15-26)25(27)29-24/h3-12,14,23H,2,13,16-17,27H2,1H3/b20-14-. The molecule has 2 aliphatic rings. The van der Waals surface area contributed by atoms with Crippen molar-refractivity contribution >= 4 is 6.08 Å². The Morgan fingerprint density at radius 1 is 1.10 bits per heavy atom. The molecular weight excluding hydrogens is 358 g/mol. The molecule has 2 heterocycles. The fourth-order valence-electron chi connectivity index (χ4n) is 4.19.